The summed E-state index contributed by atoms with van der Waals surface area (Å²) in [5.41, 5.74) is 0.956. The average molecular weight is 351 g/mol. The second-order valence-corrected chi connectivity index (χ2v) is 6.48. The van der Waals surface area contributed by atoms with Crippen LogP contribution in [0.2, 0.25) is 0 Å². The Morgan fingerprint density at radius 1 is 0.818 bits per heavy atom. The standard InChI is InChI=1S/C14H10F5NS2/c1-7(8-5-3-2-4-6-8)21-20-22-14-12(18)10(16)9(15)11(17)13(14)19/h2-7,20H,1H3. The molecule has 1 nitrogen and oxygen atoms in total. The summed E-state index contributed by atoms with van der Waals surface area (Å²) in [5.74, 6) is -9.76. The molecule has 0 aliphatic rings. The number of benzene rings is 2. The van der Waals surface area contributed by atoms with Crippen LogP contribution in [0, 0.1) is 29.1 Å². The summed E-state index contributed by atoms with van der Waals surface area (Å²) >= 11 is 1.45. The second-order valence-electron chi connectivity index (χ2n) is 4.26. The Morgan fingerprint density at radius 2 is 1.32 bits per heavy atom. The number of rotatable bonds is 5. The Hall–Kier alpha value is -1.25. The summed E-state index contributed by atoms with van der Waals surface area (Å²) in [6, 6.07) is 9.25. The summed E-state index contributed by atoms with van der Waals surface area (Å²) in [4.78, 5) is -0.954. The third-order valence-electron chi connectivity index (χ3n) is 2.81. The molecule has 2 aromatic rings. The van der Waals surface area contributed by atoms with Crippen LogP contribution in [0.5, 0.6) is 0 Å². The predicted molar refractivity (Wildman–Crippen MR) is 77.7 cm³/mol. The van der Waals surface area contributed by atoms with E-state index in [4.69, 9.17) is 0 Å². The minimum absolute atomic E-state index is 0.0741. The van der Waals surface area contributed by atoms with Crippen molar-refractivity contribution in [2.75, 3.05) is 0 Å². The van der Waals surface area contributed by atoms with E-state index in [-0.39, 0.29) is 5.25 Å². The van der Waals surface area contributed by atoms with Crippen molar-refractivity contribution in [3.05, 3.63) is 65.0 Å². The van der Waals surface area contributed by atoms with Crippen LogP contribution in [-0.4, -0.2) is 0 Å². The number of hydrogen-bond donors (Lipinski definition) is 1. The van der Waals surface area contributed by atoms with Gasteiger partial charge in [0.1, 0.15) is 4.90 Å². The van der Waals surface area contributed by atoms with Gasteiger partial charge >= 0.3 is 0 Å². The van der Waals surface area contributed by atoms with E-state index in [1.807, 2.05) is 37.3 Å². The molecule has 0 amide bonds. The van der Waals surface area contributed by atoms with Gasteiger partial charge in [-0.2, -0.15) is 0 Å². The lowest BCUT2D eigenvalue weighted by Crippen LogP contribution is -2.06. The number of hydrogen-bond acceptors (Lipinski definition) is 3. The van der Waals surface area contributed by atoms with Crippen LogP contribution >= 0.6 is 23.9 Å². The van der Waals surface area contributed by atoms with E-state index in [1.165, 1.54) is 0 Å². The third-order valence-corrected chi connectivity index (χ3v) is 4.71. The summed E-state index contributed by atoms with van der Waals surface area (Å²) in [7, 11) is 0. The zero-order chi connectivity index (χ0) is 16.3. The molecular formula is C14H10F5NS2. The second kappa shape index (κ2) is 7.34. The molecular weight excluding hydrogens is 341 g/mol. The van der Waals surface area contributed by atoms with E-state index >= 15 is 0 Å². The Morgan fingerprint density at radius 3 is 1.86 bits per heavy atom. The molecule has 0 spiro atoms. The Kier molecular flexibility index (Phi) is 5.71. The van der Waals surface area contributed by atoms with Crippen LogP contribution < -0.4 is 4.13 Å². The van der Waals surface area contributed by atoms with Gasteiger partial charge in [0.25, 0.3) is 0 Å². The van der Waals surface area contributed by atoms with Crippen molar-refractivity contribution in [1.29, 1.82) is 0 Å². The lowest BCUT2D eigenvalue weighted by molar-refractivity contribution is 0.361. The van der Waals surface area contributed by atoms with Crippen LogP contribution in [0.4, 0.5) is 22.0 Å². The van der Waals surface area contributed by atoms with Gasteiger partial charge in [0.05, 0.1) is 0 Å². The number of nitrogens with one attached hydrogen (secondary N) is 1. The molecule has 0 aromatic heterocycles. The zero-order valence-electron chi connectivity index (χ0n) is 11.2. The molecule has 0 saturated heterocycles. The first-order valence-electron chi connectivity index (χ1n) is 6.07. The van der Waals surface area contributed by atoms with E-state index < -0.39 is 34.0 Å². The van der Waals surface area contributed by atoms with Crippen molar-refractivity contribution in [1.82, 2.24) is 4.13 Å². The minimum Gasteiger partial charge on any atom is -0.203 e. The summed E-state index contributed by atoms with van der Waals surface area (Å²) in [5, 5.41) is -0.0741. The molecule has 118 valence electrons. The van der Waals surface area contributed by atoms with Gasteiger partial charge < -0.3 is 0 Å². The fourth-order valence-electron chi connectivity index (χ4n) is 1.60. The molecule has 0 bridgehead atoms. The lowest BCUT2D eigenvalue weighted by atomic mass is 10.2. The molecule has 1 atom stereocenters. The molecule has 2 aromatic carbocycles. The molecule has 0 aliphatic carbocycles. The summed E-state index contributed by atoms with van der Waals surface area (Å²) < 4.78 is 68.5. The van der Waals surface area contributed by atoms with Gasteiger partial charge in [-0.15, -0.1) is 0 Å². The minimum atomic E-state index is -2.16. The van der Waals surface area contributed by atoms with Gasteiger partial charge in [-0.05, 0) is 24.4 Å². The molecule has 1 unspecified atom stereocenters. The maximum Gasteiger partial charge on any atom is 0.200 e. The average Bonchev–Trinajstić information content (AvgIpc) is 2.55. The van der Waals surface area contributed by atoms with Crippen molar-refractivity contribution in [3.63, 3.8) is 0 Å². The van der Waals surface area contributed by atoms with E-state index in [1.54, 1.807) is 0 Å². The quantitative estimate of drug-likeness (QED) is 0.336. The highest BCUT2D eigenvalue weighted by Crippen LogP contribution is 2.33. The first-order valence-corrected chi connectivity index (χ1v) is 7.77. The van der Waals surface area contributed by atoms with Crippen molar-refractivity contribution in [3.8, 4) is 0 Å². The topological polar surface area (TPSA) is 12.0 Å². The highest BCUT2D eigenvalue weighted by Gasteiger charge is 2.26. The van der Waals surface area contributed by atoms with Gasteiger partial charge in [-0.1, -0.05) is 42.3 Å². The highest BCUT2D eigenvalue weighted by atomic mass is 32.2. The van der Waals surface area contributed by atoms with Gasteiger partial charge in [-0.3, -0.25) is 0 Å². The Balaban J connectivity index is 2.07. The van der Waals surface area contributed by atoms with Gasteiger partial charge in [0.15, 0.2) is 23.3 Å². The maximum absolute atomic E-state index is 13.5. The Labute approximate surface area is 132 Å². The molecule has 0 heterocycles. The van der Waals surface area contributed by atoms with E-state index in [0.29, 0.717) is 11.9 Å². The fraction of sp³-hybridized carbons (Fsp3) is 0.143. The third kappa shape index (κ3) is 3.56. The Bertz CT molecular complexity index is 637. The maximum atomic E-state index is 13.5. The molecule has 2 rings (SSSR count). The fourth-order valence-corrected chi connectivity index (χ4v) is 3.36. The monoisotopic (exact) mass is 351 g/mol. The lowest BCUT2D eigenvalue weighted by Gasteiger charge is -2.12. The molecule has 0 radical (unpaired) electrons. The number of halogens is 5. The van der Waals surface area contributed by atoms with Crippen molar-refractivity contribution in [2.45, 2.75) is 17.1 Å². The van der Waals surface area contributed by atoms with Crippen LogP contribution in [0.1, 0.15) is 17.7 Å². The molecule has 22 heavy (non-hydrogen) atoms. The molecule has 1 N–H and O–H groups in total. The summed E-state index contributed by atoms with van der Waals surface area (Å²) in [6.07, 6.45) is 0. The molecule has 0 saturated carbocycles. The first kappa shape index (κ1) is 17.1. The van der Waals surface area contributed by atoms with Crippen molar-refractivity contribution >= 4 is 23.9 Å². The van der Waals surface area contributed by atoms with Crippen LogP contribution in [0.3, 0.4) is 0 Å². The van der Waals surface area contributed by atoms with Crippen LogP contribution in [0.15, 0.2) is 35.2 Å². The van der Waals surface area contributed by atoms with Gasteiger partial charge in [0.2, 0.25) is 5.82 Å². The first-order chi connectivity index (χ1) is 10.4. The largest absolute Gasteiger partial charge is 0.203 e. The SMILES string of the molecule is CC(SNSc1c(F)c(F)c(F)c(F)c1F)c1ccccc1. The molecule has 8 heteroatoms. The zero-order valence-corrected chi connectivity index (χ0v) is 12.8. The predicted octanol–water partition coefficient (Wildman–Crippen LogP) is 5.39. The molecule has 0 aliphatic heterocycles. The van der Waals surface area contributed by atoms with Gasteiger partial charge in [0, 0.05) is 5.25 Å². The van der Waals surface area contributed by atoms with Crippen LogP contribution in [0.25, 0.3) is 0 Å². The smallest absolute Gasteiger partial charge is 0.200 e. The van der Waals surface area contributed by atoms with Crippen LogP contribution in [-0.2, 0) is 0 Å². The van der Waals surface area contributed by atoms with Gasteiger partial charge in [-0.25, -0.2) is 26.1 Å². The van der Waals surface area contributed by atoms with E-state index in [9.17, 15) is 22.0 Å². The van der Waals surface area contributed by atoms with E-state index in [2.05, 4.69) is 4.13 Å². The summed E-state index contributed by atoms with van der Waals surface area (Å²) in [6.45, 7) is 1.84. The van der Waals surface area contributed by atoms with Crippen molar-refractivity contribution < 1.29 is 22.0 Å². The normalized spacial score (nSPS) is 12.5. The van der Waals surface area contributed by atoms with E-state index in [0.717, 1.165) is 17.5 Å². The highest BCUT2D eigenvalue weighted by molar-refractivity contribution is 8.12. The van der Waals surface area contributed by atoms with Crippen molar-refractivity contribution in [2.24, 2.45) is 0 Å². The molecule has 0 fully saturated rings.